The van der Waals surface area contributed by atoms with Gasteiger partial charge < -0.3 is 24.6 Å². The Hall–Kier alpha value is -2.73. The summed E-state index contributed by atoms with van der Waals surface area (Å²) in [6.07, 6.45) is 0.281. The number of ether oxygens (including phenoxy) is 2. The van der Waals surface area contributed by atoms with Gasteiger partial charge in [0.25, 0.3) is 0 Å². The second-order valence-corrected chi connectivity index (χ2v) is 6.91. The van der Waals surface area contributed by atoms with E-state index in [0.717, 1.165) is 37.4 Å². The number of quaternary nitrogens is 1. The minimum Gasteiger partial charge on any atom is -0.493 e. The Morgan fingerprint density at radius 1 is 1.04 bits per heavy atom. The number of amides is 1. The Morgan fingerprint density at radius 3 is 2.33 bits per heavy atom. The molecule has 1 aliphatic rings. The Balaban J connectivity index is 1.58. The van der Waals surface area contributed by atoms with Crippen molar-refractivity contribution in [3.63, 3.8) is 0 Å². The third-order valence-electron chi connectivity index (χ3n) is 4.95. The average molecular weight is 370 g/mol. The van der Waals surface area contributed by atoms with Gasteiger partial charge in [-0.3, -0.25) is 4.79 Å². The summed E-state index contributed by atoms with van der Waals surface area (Å²) in [6, 6.07) is 13.6. The van der Waals surface area contributed by atoms with Crippen molar-refractivity contribution in [2.75, 3.05) is 57.7 Å². The van der Waals surface area contributed by atoms with E-state index in [1.165, 1.54) is 5.69 Å². The monoisotopic (exact) mass is 370 g/mol. The number of nitrogens with one attached hydrogen (secondary N) is 2. The van der Waals surface area contributed by atoms with Gasteiger partial charge in [0.2, 0.25) is 5.91 Å². The molecule has 0 bridgehead atoms. The number of piperazine rings is 1. The molecule has 3 rings (SSSR count). The number of hydrogen-bond acceptors (Lipinski definition) is 4. The molecule has 6 heteroatoms. The van der Waals surface area contributed by atoms with Gasteiger partial charge in [0.05, 0.1) is 53.9 Å². The molecular weight excluding hydrogens is 342 g/mol. The minimum atomic E-state index is -0.0573. The zero-order valence-corrected chi connectivity index (χ0v) is 16.2. The molecular formula is C21H28N3O3+. The maximum absolute atomic E-state index is 12.4. The normalized spacial score (nSPS) is 14.7. The number of likely N-dealkylation sites (N-methyl/N-ethyl adjacent to an activating group) is 1. The number of nitrogens with zero attached hydrogens (tertiary/aromatic N) is 1. The smallest absolute Gasteiger partial charge is 0.228 e. The number of methoxy groups -OCH3 is 2. The molecule has 2 N–H and O–H groups in total. The molecule has 0 spiro atoms. The van der Waals surface area contributed by atoms with Crippen molar-refractivity contribution in [2.45, 2.75) is 6.42 Å². The number of hydrogen-bond donors (Lipinski definition) is 2. The summed E-state index contributed by atoms with van der Waals surface area (Å²) in [5.41, 5.74) is 2.89. The van der Waals surface area contributed by atoms with Crippen LogP contribution in [0.1, 0.15) is 5.56 Å². The zero-order chi connectivity index (χ0) is 19.2. The minimum absolute atomic E-state index is 0.0573. The summed E-state index contributed by atoms with van der Waals surface area (Å²) in [5, 5.41) is 2.96. The first-order valence-corrected chi connectivity index (χ1v) is 9.26. The van der Waals surface area contributed by atoms with Crippen molar-refractivity contribution in [2.24, 2.45) is 0 Å². The molecule has 0 aromatic heterocycles. The fourth-order valence-corrected chi connectivity index (χ4v) is 3.28. The molecule has 1 fully saturated rings. The van der Waals surface area contributed by atoms with Crippen LogP contribution in [0, 0.1) is 0 Å². The first-order chi connectivity index (χ1) is 13.1. The highest BCUT2D eigenvalue weighted by atomic mass is 16.5. The SMILES string of the molecule is COc1ccc(CC(=O)Nc2ccc(N3CC[NH+](C)CC3)cc2)cc1OC. The molecule has 0 saturated carbocycles. The lowest BCUT2D eigenvalue weighted by atomic mass is 10.1. The molecule has 1 aliphatic heterocycles. The third kappa shape index (κ3) is 4.92. The number of benzene rings is 2. The first kappa shape index (κ1) is 19.0. The molecule has 1 saturated heterocycles. The number of anilines is 2. The highest BCUT2D eigenvalue weighted by molar-refractivity contribution is 5.92. The van der Waals surface area contributed by atoms with Crippen LogP contribution in [0.15, 0.2) is 42.5 Å². The van der Waals surface area contributed by atoms with E-state index in [1.54, 1.807) is 19.1 Å². The summed E-state index contributed by atoms with van der Waals surface area (Å²) in [7, 11) is 5.41. The topological polar surface area (TPSA) is 55.2 Å². The van der Waals surface area contributed by atoms with Crippen LogP contribution in [-0.2, 0) is 11.2 Å². The molecule has 2 aromatic carbocycles. The lowest BCUT2D eigenvalue weighted by molar-refractivity contribution is -0.880. The number of carbonyl (C=O) groups excluding carboxylic acids is 1. The molecule has 1 amide bonds. The van der Waals surface area contributed by atoms with Gasteiger partial charge in [-0.2, -0.15) is 0 Å². The Kier molecular flexibility index (Phi) is 6.19. The molecule has 0 radical (unpaired) electrons. The van der Waals surface area contributed by atoms with Crippen LogP contribution in [0.4, 0.5) is 11.4 Å². The van der Waals surface area contributed by atoms with E-state index in [9.17, 15) is 4.79 Å². The third-order valence-corrected chi connectivity index (χ3v) is 4.95. The molecule has 1 heterocycles. The first-order valence-electron chi connectivity index (χ1n) is 9.26. The maximum Gasteiger partial charge on any atom is 0.228 e. The Morgan fingerprint density at radius 2 is 1.70 bits per heavy atom. The van der Waals surface area contributed by atoms with E-state index in [4.69, 9.17) is 9.47 Å². The predicted molar refractivity (Wildman–Crippen MR) is 107 cm³/mol. The largest absolute Gasteiger partial charge is 0.493 e. The van der Waals surface area contributed by atoms with Gasteiger partial charge in [0.1, 0.15) is 0 Å². The fraction of sp³-hybridized carbons (Fsp3) is 0.381. The predicted octanol–water partition coefficient (Wildman–Crippen LogP) is 1.22. The van der Waals surface area contributed by atoms with E-state index in [-0.39, 0.29) is 12.3 Å². The van der Waals surface area contributed by atoms with Crippen LogP contribution < -0.4 is 24.6 Å². The number of rotatable bonds is 6. The van der Waals surface area contributed by atoms with Crippen LogP contribution in [0.2, 0.25) is 0 Å². The van der Waals surface area contributed by atoms with Gasteiger partial charge in [-0.25, -0.2) is 0 Å². The van der Waals surface area contributed by atoms with Crippen LogP contribution >= 0.6 is 0 Å². The van der Waals surface area contributed by atoms with Crippen molar-refractivity contribution in [3.8, 4) is 11.5 Å². The van der Waals surface area contributed by atoms with E-state index >= 15 is 0 Å². The van der Waals surface area contributed by atoms with E-state index in [1.807, 2.05) is 30.3 Å². The summed E-state index contributed by atoms with van der Waals surface area (Å²) < 4.78 is 10.5. The molecule has 0 atom stereocenters. The molecule has 144 valence electrons. The summed E-state index contributed by atoms with van der Waals surface area (Å²) >= 11 is 0. The van der Waals surface area contributed by atoms with E-state index in [2.05, 4.69) is 29.4 Å². The Bertz CT molecular complexity index is 769. The van der Waals surface area contributed by atoms with Crippen molar-refractivity contribution in [1.82, 2.24) is 0 Å². The van der Waals surface area contributed by atoms with Gasteiger partial charge in [-0.05, 0) is 42.0 Å². The standard InChI is InChI=1S/C21H27N3O3/c1-23-10-12-24(13-11-23)18-7-5-17(6-8-18)22-21(25)15-16-4-9-19(26-2)20(14-16)27-3/h4-9,14H,10-13,15H2,1-3H3,(H,22,25)/p+1. The van der Waals surface area contributed by atoms with Crippen molar-refractivity contribution >= 4 is 17.3 Å². The molecule has 0 unspecified atom stereocenters. The van der Waals surface area contributed by atoms with Crippen LogP contribution in [0.3, 0.4) is 0 Å². The van der Waals surface area contributed by atoms with E-state index < -0.39 is 0 Å². The highest BCUT2D eigenvalue weighted by Crippen LogP contribution is 2.27. The second kappa shape index (κ2) is 8.77. The van der Waals surface area contributed by atoms with Crippen molar-refractivity contribution in [1.29, 1.82) is 0 Å². The highest BCUT2D eigenvalue weighted by Gasteiger charge is 2.16. The quantitative estimate of drug-likeness (QED) is 0.803. The maximum atomic E-state index is 12.4. The van der Waals surface area contributed by atoms with Crippen LogP contribution in [0.5, 0.6) is 11.5 Å². The molecule has 6 nitrogen and oxygen atoms in total. The summed E-state index contributed by atoms with van der Waals surface area (Å²) in [4.78, 5) is 16.3. The van der Waals surface area contributed by atoms with Gasteiger partial charge >= 0.3 is 0 Å². The molecule has 0 aliphatic carbocycles. The second-order valence-electron chi connectivity index (χ2n) is 6.91. The van der Waals surface area contributed by atoms with Crippen molar-refractivity contribution < 1.29 is 19.2 Å². The van der Waals surface area contributed by atoms with Crippen LogP contribution in [-0.4, -0.2) is 53.4 Å². The lowest BCUT2D eigenvalue weighted by Crippen LogP contribution is -3.12. The summed E-state index contributed by atoms with van der Waals surface area (Å²) in [6.45, 7) is 4.45. The van der Waals surface area contributed by atoms with Gasteiger partial charge in [0.15, 0.2) is 11.5 Å². The average Bonchev–Trinajstić information content (AvgIpc) is 2.69. The molecule has 27 heavy (non-hydrogen) atoms. The van der Waals surface area contributed by atoms with Crippen molar-refractivity contribution in [3.05, 3.63) is 48.0 Å². The van der Waals surface area contributed by atoms with E-state index in [0.29, 0.717) is 11.5 Å². The Labute approximate surface area is 160 Å². The zero-order valence-electron chi connectivity index (χ0n) is 16.2. The summed E-state index contributed by atoms with van der Waals surface area (Å²) in [5.74, 6) is 1.22. The lowest BCUT2D eigenvalue weighted by Gasteiger charge is -2.31. The van der Waals surface area contributed by atoms with Gasteiger partial charge in [0, 0.05) is 11.4 Å². The van der Waals surface area contributed by atoms with Crippen LogP contribution in [0.25, 0.3) is 0 Å². The fourth-order valence-electron chi connectivity index (χ4n) is 3.28. The number of carbonyl (C=O) groups is 1. The molecule has 2 aromatic rings. The van der Waals surface area contributed by atoms with Gasteiger partial charge in [-0.15, -0.1) is 0 Å². The van der Waals surface area contributed by atoms with Gasteiger partial charge in [-0.1, -0.05) is 6.07 Å².